The van der Waals surface area contributed by atoms with Crippen LogP contribution in [0.25, 0.3) is 0 Å². The average molecular weight is 390 g/mol. The summed E-state index contributed by atoms with van der Waals surface area (Å²) < 4.78 is 20.2. The Kier molecular flexibility index (Phi) is 4.21. The minimum Gasteiger partial charge on any atom is -0.478 e. The summed E-state index contributed by atoms with van der Waals surface area (Å²) in [6.45, 7) is 0. The maximum Gasteiger partial charge on any atom is 0.339 e. The number of hydrogen-bond donors (Lipinski definition) is 1. The summed E-state index contributed by atoms with van der Waals surface area (Å²) in [5.41, 5.74) is -0.0366. The second kappa shape index (κ2) is 5.71. The molecule has 0 fully saturated rings. The van der Waals surface area contributed by atoms with Crippen LogP contribution in [0.4, 0.5) is 4.39 Å². The van der Waals surface area contributed by atoms with Crippen LogP contribution in [0.3, 0.4) is 0 Å². The highest BCUT2D eigenvalue weighted by molar-refractivity contribution is 9.10. The van der Waals surface area contributed by atoms with Crippen LogP contribution in [0.1, 0.15) is 10.4 Å². The van der Waals surface area contributed by atoms with Crippen LogP contribution in [0.2, 0.25) is 0 Å². The van der Waals surface area contributed by atoms with E-state index in [9.17, 15) is 9.18 Å². The molecule has 19 heavy (non-hydrogen) atoms. The molecule has 1 N–H and O–H groups in total. The molecule has 0 amide bonds. The van der Waals surface area contributed by atoms with Crippen molar-refractivity contribution < 1.29 is 19.0 Å². The van der Waals surface area contributed by atoms with Crippen molar-refractivity contribution in [2.24, 2.45) is 0 Å². The molecule has 2 rings (SSSR count). The Morgan fingerprint density at radius 2 is 1.68 bits per heavy atom. The van der Waals surface area contributed by atoms with E-state index in [1.807, 2.05) is 0 Å². The summed E-state index contributed by atoms with van der Waals surface area (Å²) in [5, 5.41) is 9.05. The van der Waals surface area contributed by atoms with Gasteiger partial charge in [0.1, 0.15) is 11.3 Å². The summed E-state index contributed by atoms with van der Waals surface area (Å²) in [6, 6.07) is 8.72. The van der Waals surface area contributed by atoms with E-state index in [1.165, 1.54) is 24.3 Å². The van der Waals surface area contributed by atoms with Crippen LogP contribution in [0.15, 0.2) is 45.3 Å². The molecule has 0 radical (unpaired) electrons. The van der Waals surface area contributed by atoms with Gasteiger partial charge < -0.3 is 9.84 Å². The third-order valence-corrected chi connectivity index (χ3v) is 3.27. The fourth-order valence-electron chi connectivity index (χ4n) is 1.43. The van der Waals surface area contributed by atoms with E-state index >= 15 is 0 Å². The first-order chi connectivity index (χ1) is 8.97. The van der Waals surface area contributed by atoms with E-state index < -0.39 is 11.8 Å². The van der Waals surface area contributed by atoms with Gasteiger partial charge in [-0.15, -0.1) is 0 Å². The maximum atomic E-state index is 13.7. The highest BCUT2D eigenvalue weighted by Crippen LogP contribution is 2.31. The summed E-state index contributed by atoms with van der Waals surface area (Å²) in [6.07, 6.45) is 0. The van der Waals surface area contributed by atoms with Gasteiger partial charge in [-0.05, 0) is 36.4 Å². The molecule has 2 aromatic rings. The quantitative estimate of drug-likeness (QED) is 0.816. The standard InChI is InChI=1S/C13H7Br2FO3/c14-7-2-4-11(10(16)5-7)19-12-6-8(15)1-3-9(12)13(17)18/h1-6H,(H,17,18). The molecular weight excluding hydrogens is 383 g/mol. The summed E-state index contributed by atoms with van der Waals surface area (Å²) in [4.78, 5) is 11.1. The van der Waals surface area contributed by atoms with Crippen LogP contribution in [0.5, 0.6) is 11.5 Å². The van der Waals surface area contributed by atoms with Crippen molar-refractivity contribution in [3.63, 3.8) is 0 Å². The Morgan fingerprint density at radius 1 is 1.05 bits per heavy atom. The number of rotatable bonds is 3. The van der Waals surface area contributed by atoms with Gasteiger partial charge in [-0.3, -0.25) is 0 Å². The van der Waals surface area contributed by atoms with Crippen LogP contribution in [-0.2, 0) is 0 Å². The predicted molar refractivity (Wildman–Crippen MR) is 75.3 cm³/mol. The zero-order valence-corrected chi connectivity index (χ0v) is 12.5. The Hall–Kier alpha value is -1.40. The van der Waals surface area contributed by atoms with Gasteiger partial charge in [0.05, 0.1) is 0 Å². The Balaban J connectivity index is 2.42. The molecule has 0 aliphatic rings. The van der Waals surface area contributed by atoms with Gasteiger partial charge in [-0.25, -0.2) is 9.18 Å². The Morgan fingerprint density at radius 3 is 2.32 bits per heavy atom. The van der Waals surface area contributed by atoms with Crippen molar-refractivity contribution in [3.05, 3.63) is 56.7 Å². The van der Waals surface area contributed by atoms with E-state index in [2.05, 4.69) is 31.9 Å². The summed E-state index contributed by atoms with van der Waals surface area (Å²) in [7, 11) is 0. The lowest BCUT2D eigenvalue weighted by atomic mass is 10.2. The van der Waals surface area contributed by atoms with Gasteiger partial charge in [0.25, 0.3) is 0 Å². The third-order valence-electron chi connectivity index (χ3n) is 2.29. The second-order valence-electron chi connectivity index (χ2n) is 3.62. The van der Waals surface area contributed by atoms with Gasteiger partial charge in [0.15, 0.2) is 11.6 Å². The van der Waals surface area contributed by atoms with Gasteiger partial charge in [-0.1, -0.05) is 31.9 Å². The molecule has 0 aliphatic carbocycles. The topological polar surface area (TPSA) is 46.5 Å². The number of carboxylic acid groups (broad SMARTS) is 1. The fourth-order valence-corrected chi connectivity index (χ4v) is 2.11. The molecule has 0 saturated carbocycles. The van der Waals surface area contributed by atoms with E-state index in [1.54, 1.807) is 12.1 Å². The van der Waals surface area contributed by atoms with Crippen molar-refractivity contribution in [2.45, 2.75) is 0 Å². The molecule has 6 heteroatoms. The Bertz CT molecular complexity index is 644. The minimum absolute atomic E-state index is 0.0366. The molecule has 0 aromatic heterocycles. The van der Waals surface area contributed by atoms with Crippen molar-refractivity contribution in [1.29, 1.82) is 0 Å². The van der Waals surface area contributed by atoms with Gasteiger partial charge in [-0.2, -0.15) is 0 Å². The molecule has 0 spiro atoms. The van der Waals surface area contributed by atoms with E-state index in [-0.39, 0.29) is 17.1 Å². The second-order valence-corrected chi connectivity index (χ2v) is 5.45. The van der Waals surface area contributed by atoms with Crippen LogP contribution < -0.4 is 4.74 Å². The molecule has 3 nitrogen and oxygen atoms in total. The van der Waals surface area contributed by atoms with Crippen molar-refractivity contribution in [1.82, 2.24) is 0 Å². The molecule has 0 bridgehead atoms. The normalized spacial score (nSPS) is 10.3. The number of aromatic carboxylic acids is 1. The third kappa shape index (κ3) is 3.33. The average Bonchev–Trinajstić information content (AvgIpc) is 2.32. The molecule has 2 aromatic carbocycles. The van der Waals surface area contributed by atoms with Crippen LogP contribution in [0, 0.1) is 5.82 Å². The monoisotopic (exact) mass is 388 g/mol. The number of carboxylic acids is 1. The molecule has 0 aliphatic heterocycles. The molecule has 0 saturated heterocycles. The SMILES string of the molecule is O=C(O)c1ccc(Br)cc1Oc1ccc(Br)cc1F. The zero-order valence-electron chi connectivity index (χ0n) is 9.36. The number of halogens is 3. The molecule has 0 heterocycles. The van der Waals surface area contributed by atoms with Crippen molar-refractivity contribution >= 4 is 37.8 Å². The molecule has 0 unspecified atom stereocenters. The molecular formula is C13H7Br2FO3. The zero-order chi connectivity index (χ0) is 14.0. The highest BCUT2D eigenvalue weighted by Gasteiger charge is 2.14. The largest absolute Gasteiger partial charge is 0.478 e. The van der Waals surface area contributed by atoms with Crippen LogP contribution >= 0.6 is 31.9 Å². The number of carbonyl (C=O) groups is 1. The maximum absolute atomic E-state index is 13.7. The first kappa shape index (κ1) is 14.0. The van der Waals surface area contributed by atoms with Gasteiger partial charge in [0, 0.05) is 8.95 Å². The lowest BCUT2D eigenvalue weighted by molar-refractivity contribution is 0.0694. The number of hydrogen-bond acceptors (Lipinski definition) is 2. The van der Waals surface area contributed by atoms with E-state index in [0.29, 0.717) is 8.95 Å². The Labute approximate surface area is 125 Å². The van der Waals surface area contributed by atoms with Gasteiger partial charge >= 0.3 is 5.97 Å². The van der Waals surface area contributed by atoms with E-state index in [0.717, 1.165) is 0 Å². The fraction of sp³-hybridized carbons (Fsp3) is 0. The van der Waals surface area contributed by atoms with Gasteiger partial charge in [0.2, 0.25) is 0 Å². The van der Waals surface area contributed by atoms with E-state index in [4.69, 9.17) is 9.84 Å². The molecule has 98 valence electrons. The number of benzene rings is 2. The first-order valence-corrected chi connectivity index (χ1v) is 6.71. The number of ether oxygens (including phenoxy) is 1. The lowest BCUT2D eigenvalue weighted by Crippen LogP contribution is -2.00. The highest BCUT2D eigenvalue weighted by atomic mass is 79.9. The molecule has 0 atom stereocenters. The lowest BCUT2D eigenvalue weighted by Gasteiger charge is -2.10. The van der Waals surface area contributed by atoms with Crippen molar-refractivity contribution in [2.75, 3.05) is 0 Å². The minimum atomic E-state index is -1.14. The van der Waals surface area contributed by atoms with Crippen molar-refractivity contribution in [3.8, 4) is 11.5 Å². The smallest absolute Gasteiger partial charge is 0.339 e. The summed E-state index contributed by atoms with van der Waals surface area (Å²) in [5.74, 6) is -1.68. The van der Waals surface area contributed by atoms with Crippen LogP contribution in [-0.4, -0.2) is 11.1 Å². The summed E-state index contributed by atoms with van der Waals surface area (Å²) >= 11 is 6.35. The first-order valence-electron chi connectivity index (χ1n) is 5.13. The predicted octanol–water partition coefficient (Wildman–Crippen LogP) is 4.84.